The molecule has 0 radical (unpaired) electrons. The molecule has 1 aliphatic rings. The molecule has 4 aromatic rings. The number of ether oxygens (including phenoxy) is 2. The van der Waals surface area contributed by atoms with E-state index in [2.05, 4.69) is 26.0 Å². The van der Waals surface area contributed by atoms with Gasteiger partial charge < -0.3 is 30.1 Å². The quantitative estimate of drug-likeness (QED) is 0.0946. The number of carbonyl (C=O) groups is 2. The number of nitrogens with one attached hydrogen (secondary N) is 3. The van der Waals surface area contributed by atoms with Crippen LogP contribution in [0.2, 0.25) is 0 Å². The van der Waals surface area contributed by atoms with E-state index >= 15 is 4.39 Å². The lowest BCUT2D eigenvalue weighted by molar-refractivity contribution is 0.0589. The van der Waals surface area contributed by atoms with Gasteiger partial charge in [0.1, 0.15) is 22.9 Å². The van der Waals surface area contributed by atoms with Crippen LogP contribution in [0.15, 0.2) is 66.9 Å². The Balaban J connectivity index is 1.46. The molecular weight excluding hydrogens is 581 g/mol. The average Bonchev–Trinajstić information content (AvgIpc) is 3.25. The van der Waals surface area contributed by atoms with Crippen LogP contribution in [-0.4, -0.2) is 52.6 Å². The molecule has 5 rings (SSSR count). The molecule has 0 spiro atoms. The lowest BCUT2D eigenvalue weighted by Gasteiger charge is -2.33. The van der Waals surface area contributed by atoms with Crippen molar-refractivity contribution in [3.8, 4) is 11.5 Å². The summed E-state index contributed by atoms with van der Waals surface area (Å²) in [6.07, 6.45) is 1.24. The van der Waals surface area contributed by atoms with Crippen LogP contribution in [0.25, 0.3) is 0 Å². The molecule has 1 atom stereocenters. The van der Waals surface area contributed by atoms with E-state index in [1.165, 1.54) is 19.4 Å². The van der Waals surface area contributed by atoms with Crippen LogP contribution in [0.4, 0.5) is 21.8 Å². The van der Waals surface area contributed by atoms with Crippen molar-refractivity contribution in [1.82, 2.24) is 20.3 Å². The third-order valence-corrected chi connectivity index (χ3v) is 7.83. The van der Waals surface area contributed by atoms with Gasteiger partial charge in [0, 0.05) is 29.0 Å². The van der Waals surface area contributed by atoms with Crippen LogP contribution >= 0.6 is 0 Å². The molecule has 0 fully saturated rings. The van der Waals surface area contributed by atoms with Crippen molar-refractivity contribution in [2.24, 2.45) is 5.84 Å². The summed E-state index contributed by atoms with van der Waals surface area (Å²) < 4.78 is 27.1. The van der Waals surface area contributed by atoms with Gasteiger partial charge in [-0.05, 0) is 43.7 Å². The molecule has 1 aromatic heterocycles. The van der Waals surface area contributed by atoms with Gasteiger partial charge in [0.15, 0.2) is 5.82 Å². The number of benzene rings is 3. The van der Waals surface area contributed by atoms with E-state index in [0.29, 0.717) is 11.5 Å². The predicted molar refractivity (Wildman–Crippen MR) is 166 cm³/mol. The summed E-state index contributed by atoms with van der Waals surface area (Å²) in [6.45, 7) is 3.42. The van der Waals surface area contributed by atoms with E-state index in [9.17, 15) is 14.7 Å². The highest BCUT2D eigenvalue weighted by atomic mass is 19.1. The second-order valence-electron chi connectivity index (χ2n) is 10.8. The molecule has 0 saturated heterocycles. The summed E-state index contributed by atoms with van der Waals surface area (Å²) in [7, 11) is 3.09. The van der Waals surface area contributed by atoms with Crippen LogP contribution in [0.3, 0.4) is 0 Å². The number of carbonyl (C=O) groups excluding carboxylic acids is 2. The van der Waals surface area contributed by atoms with E-state index in [-0.39, 0.29) is 53.2 Å². The largest absolute Gasteiger partial charge is 0.497 e. The molecule has 234 valence electrons. The predicted octanol–water partition coefficient (Wildman–Crippen LogP) is 4.02. The molecule has 0 bridgehead atoms. The number of hydrazine groups is 1. The van der Waals surface area contributed by atoms with Gasteiger partial charge in [0.25, 0.3) is 11.8 Å². The molecular formula is C32H34FN7O5. The van der Waals surface area contributed by atoms with Crippen molar-refractivity contribution in [3.63, 3.8) is 0 Å². The minimum atomic E-state index is -1.03. The zero-order chi connectivity index (χ0) is 32.3. The number of nitrogens with two attached hydrogens (primary N) is 1. The number of halogens is 1. The first kappa shape index (κ1) is 31.2. The number of aliphatic hydroxyl groups is 1. The number of aliphatic hydroxyl groups excluding tert-OH is 1. The van der Waals surface area contributed by atoms with Crippen LogP contribution in [0.1, 0.15) is 57.3 Å². The second kappa shape index (κ2) is 12.8. The molecule has 0 unspecified atom stereocenters. The molecule has 2 amide bonds. The first-order chi connectivity index (χ1) is 21.6. The van der Waals surface area contributed by atoms with Gasteiger partial charge in [0.2, 0.25) is 5.95 Å². The zero-order valence-corrected chi connectivity index (χ0v) is 25.2. The monoisotopic (exact) mass is 615 g/mol. The Labute approximate surface area is 259 Å². The number of aromatic nitrogens is 2. The summed E-state index contributed by atoms with van der Waals surface area (Å²) >= 11 is 0. The van der Waals surface area contributed by atoms with Crippen molar-refractivity contribution >= 4 is 29.3 Å². The minimum absolute atomic E-state index is 0.0168. The van der Waals surface area contributed by atoms with Gasteiger partial charge in [-0.2, -0.15) is 4.98 Å². The van der Waals surface area contributed by atoms with Crippen LogP contribution in [0.5, 0.6) is 11.5 Å². The first-order valence-corrected chi connectivity index (χ1v) is 14.1. The van der Waals surface area contributed by atoms with E-state index in [1.54, 1.807) is 44.1 Å². The smallest absolute Gasteiger partial charge is 0.270 e. The normalized spacial score (nSPS) is 14.0. The van der Waals surface area contributed by atoms with Gasteiger partial charge in [-0.15, -0.1) is 0 Å². The topological polar surface area (TPSA) is 164 Å². The Kier molecular flexibility index (Phi) is 8.84. The SMILES string of the molecule is COc1ccc(CN2C(=O)c3ccc(Nc4ncc(C(=O)NN)c(N[C@H](CO)c5ccccc5)n4)c(F)c3C2(C)C)c(OC)c1. The third kappa shape index (κ3) is 5.95. The van der Waals surface area contributed by atoms with Gasteiger partial charge in [-0.25, -0.2) is 15.2 Å². The van der Waals surface area contributed by atoms with Crippen LogP contribution in [0, 0.1) is 5.82 Å². The molecule has 1 aliphatic heterocycles. The van der Waals surface area contributed by atoms with Crippen molar-refractivity contribution in [2.75, 3.05) is 31.5 Å². The highest BCUT2D eigenvalue weighted by Crippen LogP contribution is 2.44. The van der Waals surface area contributed by atoms with Crippen molar-refractivity contribution in [3.05, 3.63) is 100 Å². The number of rotatable bonds is 11. The molecule has 3 aromatic carbocycles. The summed E-state index contributed by atoms with van der Waals surface area (Å²) in [5.74, 6) is 4.92. The molecule has 6 N–H and O–H groups in total. The number of hydrogen-bond donors (Lipinski definition) is 5. The Morgan fingerprint density at radius 1 is 1.11 bits per heavy atom. The molecule has 13 heteroatoms. The summed E-state index contributed by atoms with van der Waals surface area (Å²) in [5.41, 5.74) is 3.01. The Bertz CT molecular complexity index is 1740. The number of anilines is 3. The van der Waals surface area contributed by atoms with Crippen LogP contribution in [-0.2, 0) is 12.1 Å². The standard InChI is InChI=1S/C32H34FN7O5/c1-32(2)26-21(30(43)40(32)16-19-10-11-20(44-3)14-25(19)45-4)12-13-23(27(26)33)37-31-35-15-22(29(42)39-34)28(38-31)36-24(17-41)18-8-6-5-7-9-18/h5-15,24,41H,16-17,34H2,1-4H3,(H,39,42)(H2,35,36,37,38)/t24-/m1/s1. The molecule has 45 heavy (non-hydrogen) atoms. The second-order valence-corrected chi connectivity index (χ2v) is 10.8. The molecule has 0 aliphatic carbocycles. The van der Waals surface area contributed by atoms with Crippen molar-refractivity contribution in [2.45, 2.75) is 32.0 Å². The fourth-order valence-corrected chi connectivity index (χ4v) is 5.41. The number of nitrogen functional groups attached to an aromatic ring is 1. The molecule has 2 heterocycles. The van der Waals surface area contributed by atoms with Crippen molar-refractivity contribution < 1.29 is 28.6 Å². The van der Waals surface area contributed by atoms with Gasteiger partial charge >= 0.3 is 0 Å². The maximum Gasteiger partial charge on any atom is 0.270 e. The maximum absolute atomic E-state index is 16.3. The summed E-state index contributed by atoms with van der Waals surface area (Å²) in [6, 6.07) is 16.8. The maximum atomic E-state index is 16.3. The minimum Gasteiger partial charge on any atom is -0.497 e. The van der Waals surface area contributed by atoms with E-state index < -0.39 is 23.3 Å². The lowest BCUT2D eigenvalue weighted by Crippen LogP contribution is -2.39. The Morgan fingerprint density at radius 3 is 2.53 bits per heavy atom. The number of methoxy groups -OCH3 is 2. The summed E-state index contributed by atoms with van der Waals surface area (Å²) in [5, 5.41) is 16.0. The average molecular weight is 616 g/mol. The highest BCUT2D eigenvalue weighted by molar-refractivity contribution is 6.01. The molecule has 12 nitrogen and oxygen atoms in total. The van der Waals surface area contributed by atoms with Gasteiger partial charge in [0.05, 0.1) is 44.6 Å². The lowest BCUT2D eigenvalue weighted by atomic mass is 9.92. The number of fused-ring (bicyclic) bond motifs is 1. The Morgan fingerprint density at radius 2 is 1.87 bits per heavy atom. The third-order valence-electron chi connectivity index (χ3n) is 7.83. The zero-order valence-electron chi connectivity index (χ0n) is 25.2. The van der Waals surface area contributed by atoms with E-state index in [4.69, 9.17) is 15.3 Å². The van der Waals surface area contributed by atoms with Crippen molar-refractivity contribution in [1.29, 1.82) is 0 Å². The van der Waals surface area contributed by atoms with E-state index in [1.807, 2.05) is 36.4 Å². The number of nitrogens with zero attached hydrogens (tertiary/aromatic N) is 3. The number of hydrogen-bond acceptors (Lipinski definition) is 10. The van der Waals surface area contributed by atoms with Gasteiger partial charge in [-0.1, -0.05) is 30.3 Å². The first-order valence-electron chi connectivity index (χ1n) is 14.1. The Hall–Kier alpha value is -5.27. The summed E-state index contributed by atoms with van der Waals surface area (Å²) in [4.78, 5) is 36.2. The van der Waals surface area contributed by atoms with Gasteiger partial charge in [-0.3, -0.25) is 15.0 Å². The van der Waals surface area contributed by atoms with Crippen LogP contribution < -0.4 is 31.4 Å². The fourth-order valence-electron chi connectivity index (χ4n) is 5.41. The number of amides is 2. The highest BCUT2D eigenvalue weighted by Gasteiger charge is 2.46. The molecule has 0 saturated carbocycles. The van der Waals surface area contributed by atoms with E-state index in [0.717, 1.165) is 11.1 Å². The fraction of sp³-hybridized carbons (Fsp3) is 0.250.